The molecule has 162 valence electrons. The summed E-state index contributed by atoms with van der Waals surface area (Å²) in [5.74, 6) is -0.932. The zero-order valence-corrected chi connectivity index (χ0v) is 18.7. The van der Waals surface area contributed by atoms with Crippen LogP contribution in [0.4, 0.5) is 0 Å². The third-order valence-electron chi connectivity index (χ3n) is 4.19. The van der Waals surface area contributed by atoms with Crippen molar-refractivity contribution in [2.75, 3.05) is 13.7 Å². The number of rotatable bonds is 9. The average molecular weight is 453 g/mol. The van der Waals surface area contributed by atoms with E-state index in [1.165, 1.54) is 30.2 Å². The third-order valence-corrected chi connectivity index (χ3v) is 6.17. The Bertz CT molecular complexity index is 994. The molecule has 0 saturated heterocycles. The molecule has 7 nitrogen and oxygen atoms in total. The van der Waals surface area contributed by atoms with E-state index >= 15 is 0 Å². The summed E-state index contributed by atoms with van der Waals surface area (Å²) in [6, 6.07) is 12.9. The normalized spacial score (nSPS) is 11.4. The second-order valence-electron chi connectivity index (χ2n) is 6.96. The molecule has 0 aliphatic carbocycles. The highest BCUT2D eigenvalue weighted by molar-refractivity contribution is 7.89. The van der Waals surface area contributed by atoms with Crippen molar-refractivity contribution in [1.29, 1.82) is 0 Å². The molecule has 0 saturated carbocycles. The van der Waals surface area contributed by atoms with Gasteiger partial charge in [0.1, 0.15) is 0 Å². The predicted octanol–water partition coefficient (Wildman–Crippen LogP) is 3.23. The van der Waals surface area contributed by atoms with Crippen LogP contribution < -0.4 is 4.72 Å². The van der Waals surface area contributed by atoms with Gasteiger partial charge in [-0.15, -0.1) is 0 Å². The van der Waals surface area contributed by atoms with E-state index in [0.29, 0.717) is 0 Å². The molecule has 0 spiro atoms. The van der Waals surface area contributed by atoms with Crippen LogP contribution in [-0.4, -0.2) is 44.9 Å². The molecule has 9 heteroatoms. The first-order chi connectivity index (χ1) is 14.1. The largest absolute Gasteiger partial charge is 0.469 e. The van der Waals surface area contributed by atoms with Crippen molar-refractivity contribution in [3.05, 3.63) is 64.7 Å². The van der Waals surface area contributed by atoms with Gasteiger partial charge in [0, 0.05) is 19.1 Å². The van der Waals surface area contributed by atoms with Crippen molar-refractivity contribution in [3.63, 3.8) is 0 Å². The minimum Gasteiger partial charge on any atom is -0.469 e. The van der Waals surface area contributed by atoms with Gasteiger partial charge in [0.15, 0.2) is 0 Å². The van der Waals surface area contributed by atoms with Crippen LogP contribution >= 0.6 is 11.6 Å². The summed E-state index contributed by atoms with van der Waals surface area (Å²) in [5, 5.41) is 0.125. The highest BCUT2D eigenvalue weighted by Gasteiger charge is 2.23. The van der Waals surface area contributed by atoms with Crippen molar-refractivity contribution in [2.45, 2.75) is 37.8 Å². The molecule has 0 aliphatic heterocycles. The Hall–Kier alpha value is -2.42. The second kappa shape index (κ2) is 10.6. The molecule has 1 N–H and O–H groups in total. The van der Waals surface area contributed by atoms with Crippen molar-refractivity contribution in [3.8, 4) is 0 Å². The molecule has 0 aromatic heterocycles. The van der Waals surface area contributed by atoms with Gasteiger partial charge in [-0.2, -0.15) is 0 Å². The number of halogens is 1. The van der Waals surface area contributed by atoms with Crippen LogP contribution in [-0.2, 0) is 26.1 Å². The Balaban J connectivity index is 2.38. The van der Waals surface area contributed by atoms with Gasteiger partial charge in [-0.3, -0.25) is 9.59 Å². The fourth-order valence-corrected chi connectivity index (χ4v) is 4.24. The summed E-state index contributed by atoms with van der Waals surface area (Å²) >= 11 is 6.23. The van der Waals surface area contributed by atoms with Crippen LogP contribution in [0.3, 0.4) is 0 Å². The van der Waals surface area contributed by atoms with Gasteiger partial charge in [-0.05, 0) is 37.6 Å². The number of amides is 1. The number of hydrogen-bond acceptors (Lipinski definition) is 5. The summed E-state index contributed by atoms with van der Waals surface area (Å²) in [6.45, 7) is 3.73. The summed E-state index contributed by atoms with van der Waals surface area (Å²) in [6.07, 6.45) is -0.000410. The van der Waals surface area contributed by atoms with Gasteiger partial charge in [-0.25, -0.2) is 13.1 Å². The van der Waals surface area contributed by atoms with Crippen molar-refractivity contribution in [1.82, 2.24) is 9.62 Å². The molecule has 0 bridgehead atoms. The topological polar surface area (TPSA) is 92.8 Å². The zero-order chi connectivity index (χ0) is 22.3. The lowest BCUT2D eigenvalue weighted by atomic mass is 10.1. The minimum atomic E-state index is -3.80. The van der Waals surface area contributed by atoms with Crippen LogP contribution in [0.25, 0.3) is 0 Å². The third kappa shape index (κ3) is 6.55. The summed E-state index contributed by atoms with van der Waals surface area (Å²) in [7, 11) is -2.52. The van der Waals surface area contributed by atoms with Gasteiger partial charge in [0.25, 0.3) is 5.91 Å². The maximum atomic E-state index is 13.2. The van der Waals surface area contributed by atoms with E-state index in [0.717, 1.165) is 5.56 Å². The van der Waals surface area contributed by atoms with Crippen molar-refractivity contribution < 1.29 is 22.7 Å². The molecule has 2 aromatic carbocycles. The van der Waals surface area contributed by atoms with Crippen molar-refractivity contribution in [2.24, 2.45) is 0 Å². The highest BCUT2D eigenvalue weighted by atomic mass is 35.5. The van der Waals surface area contributed by atoms with Crippen LogP contribution in [0.15, 0.2) is 53.4 Å². The second-order valence-corrected chi connectivity index (χ2v) is 9.08. The monoisotopic (exact) mass is 452 g/mol. The molecule has 1 amide bonds. The Morgan fingerprint density at radius 3 is 2.40 bits per heavy atom. The molecular weight excluding hydrogens is 428 g/mol. The summed E-state index contributed by atoms with van der Waals surface area (Å²) < 4.78 is 32.2. The van der Waals surface area contributed by atoms with Gasteiger partial charge < -0.3 is 9.64 Å². The van der Waals surface area contributed by atoms with E-state index in [1.807, 2.05) is 30.3 Å². The molecule has 2 rings (SSSR count). The number of carbonyl (C=O) groups is 2. The number of esters is 1. The highest BCUT2D eigenvalue weighted by Crippen LogP contribution is 2.23. The first-order valence-electron chi connectivity index (χ1n) is 9.36. The summed E-state index contributed by atoms with van der Waals surface area (Å²) in [4.78, 5) is 26.2. The maximum absolute atomic E-state index is 13.2. The maximum Gasteiger partial charge on any atom is 0.307 e. The van der Waals surface area contributed by atoms with Crippen LogP contribution in [0.1, 0.15) is 36.2 Å². The van der Waals surface area contributed by atoms with Gasteiger partial charge in [0.2, 0.25) is 10.0 Å². The SMILES string of the molecule is COC(=O)CCN(Cc1ccccc1)C(=O)c1cc(S(=O)(=O)NC(C)C)ccc1Cl. The number of ether oxygens (including phenoxy) is 1. The first kappa shape index (κ1) is 23.9. The number of carbonyl (C=O) groups excluding carboxylic acids is 2. The fourth-order valence-electron chi connectivity index (χ4n) is 2.77. The Morgan fingerprint density at radius 1 is 1.13 bits per heavy atom. The van der Waals surface area contributed by atoms with Crippen molar-refractivity contribution >= 4 is 33.5 Å². The molecule has 0 unspecified atom stereocenters. The molecule has 0 aliphatic rings. The number of sulfonamides is 1. The molecule has 30 heavy (non-hydrogen) atoms. The smallest absolute Gasteiger partial charge is 0.307 e. The Labute approximate surface area is 182 Å². The van der Waals surface area contributed by atoms with E-state index in [-0.39, 0.29) is 41.0 Å². The van der Waals surface area contributed by atoms with Gasteiger partial charge >= 0.3 is 5.97 Å². The number of hydrogen-bond donors (Lipinski definition) is 1. The number of nitrogens with zero attached hydrogens (tertiary/aromatic N) is 1. The number of nitrogens with one attached hydrogen (secondary N) is 1. The molecule has 0 heterocycles. The van der Waals surface area contributed by atoms with Gasteiger partial charge in [0.05, 0.1) is 29.0 Å². The lowest BCUT2D eigenvalue weighted by Gasteiger charge is -2.23. The Morgan fingerprint density at radius 2 is 1.80 bits per heavy atom. The molecule has 2 aromatic rings. The van der Waals surface area contributed by atoms with Crippen LogP contribution in [0.5, 0.6) is 0 Å². The number of benzene rings is 2. The average Bonchev–Trinajstić information content (AvgIpc) is 2.70. The number of methoxy groups -OCH3 is 1. The van der Waals surface area contributed by atoms with Crippen LogP contribution in [0, 0.1) is 0 Å². The van der Waals surface area contributed by atoms with E-state index < -0.39 is 21.9 Å². The predicted molar refractivity (Wildman–Crippen MR) is 115 cm³/mol. The van der Waals surface area contributed by atoms with E-state index in [4.69, 9.17) is 11.6 Å². The van der Waals surface area contributed by atoms with E-state index in [9.17, 15) is 18.0 Å². The lowest BCUT2D eigenvalue weighted by Crippen LogP contribution is -2.33. The molecule has 0 fully saturated rings. The van der Waals surface area contributed by atoms with Gasteiger partial charge in [-0.1, -0.05) is 41.9 Å². The lowest BCUT2D eigenvalue weighted by molar-refractivity contribution is -0.140. The summed E-state index contributed by atoms with van der Waals surface area (Å²) in [5.41, 5.74) is 0.904. The molecular formula is C21H25ClN2O5S. The van der Waals surface area contributed by atoms with E-state index in [1.54, 1.807) is 13.8 Å². The minimum absolute atomic E-state index is 0.000410. The molecule has 0 radical (unpaired) electrons. The molecule has 0 atom stereocenters. The zero-order valence-electron chi connectivity index (χ0n) is 17.1. The van der Waals surface area contributed by atoms with E-state index in [2.05, 4.69) is 9.46 Å². The Kier molecular flexibility index (Phi) is 8.40. The quantitative estimate of drug-likeness (QED) is 0.589. The first-order valence-corrected chi connectivity index (χ1v) is 11.2. The van der Waals surface area contributed by atoms with Crippen LogP contribution in [0.2, 0.25) is 5.02 Å². The standard InChI is InChI=1S/C21H25ClN2O5S/c1-15(2)23-30(27,28)17-9-10-19(22)18(13-17)21(26)24(12-11-20(25)29-3)14-16-7-5-4-6-8-16/h4-10,13,15,23H,11-12,14H2,1-3H3. The fraction of sp³-hybridized carbons (Fsp3) is 0.333.